The number of nitrogens with two attached hydrogens (primary N) is 1. The standard InChI is InChI=1S/C23H14Cl2N6O5S.CH4O3S.2Na/c24-21-29-22(25)31-23(30-21)28-15-9-10(5-8-16(15)37(34,35)36)27-14-7-6-13(26)17-18(14)20(33)12-4-2-1-3-11(12)19(17)32;1-5-4-3-2;;/h1-9,27H,26H2,(H,34,35,36)(H,28,29,30,31);2H,1H3;;/q;;2*+1/p-2. The van der Waals surface area contributed by atoms with E-state index in [1.807, 2.05) is 0 Å². The van der Waals surface area contributed by atoms with Crippen LogP contribution in [0.25, 0.3) is 0 Å². The van der Waals surface area contributed by atoms with Crippen LogP contribution in [0.5, 0.6) is 0 Å². The molecule has 0 atom stereocenters. The molecule has 3 aromatic carbocycles. The second-order valence-corrected chi connectivity index (χ2v) is 10.6. The van der Waals surface area contributed by atoms with Gasteiger partial charge in [0.25, 0.3) is 0 Å². The Labute approximate surface area is 308 Å². The van der Waals surface area contributed by atoms with Crippen molar-refractivity contribution in [1.29, 1.82) is 0 Å². The Hall–Kier alpha value is -1.87. The Bertz CT molecular complexity index is 1800. The Balaban J connectivity index is 0.000000894. The number of rotatable bonds is 7. The normalized spacial score (nSPS) is 11.6. The van der Waals surface area contributed by atoms with Crippen LogP contribution in [-0.4, -0.2) is 45.7 Å². The average molecular weight is 697 g/mol. The van der Waals surface area contributed by atoms with Crippen molar-refractivity contribution in [2.75, 3.05) is 22.6 Å². The molecule has 218 valence electrons. The Morgan fingerprint density at radius 1 is 0.864 bits per heavy atom. The third-order valence-corrected chi connectivity index (χ3v) is 6.98. The summed E-state index contributed by atoms with van der Waals surface area (Å²) in [6.07, 6.45) is 1.58. The van der Waals surface area contributed by atoms with Crippen LogP contribution < -0.4 is 80.7 Å². The molecule has 1 heterocycles. The van der Waals surface area contributed by atoms with Gasteiger partial charge in [0, 0.05) is 40.8 Å². The molecule has 0 bridgehead atoms. The molecule has 0 radical (unpaired) electrons. The van der Waals surface area contributed by atoms with Crippen molar-refractivity contribution in [2.24, 2.45) is 0 Å². The van der Waals surface area contributed by atoms with Crippen molar-refractivity contribution in [2.45, 2.75) is 4.90 Å². The number of carbonyl (C=O) groups is 2. The van der Waals surface area contributed by atoms with Crippen LogP contribution >= 0.6 is 35.2 Å². The molecule has 20 heteroatoms. The zero-order valence-corrected chi connectivity index (χ0v) is 30.1. The first-order valence-corrected chi connectivity index (χ1v) is 14.6. The van der Waals surface area contributed by atoms with E-state index in [1.54, 1.807) is 30.5 Å². The molecule has 1 aromatic heterocycles. The van der Waals surface area contributed by atoms with Gasteiger partial charge in [0.05, 0.1) is 27.4 Å². The summed E-state index contributed by atoms with van der Waals surface area (Å²) in [7, 11) is -4.93. The summed E-state index contributed by atoms with van der Waals surface area (Å²) in [5.74, 6) is -1.02. The van der Waals surface area contributed by atoms with Crippen LogP contribution in [0.15, 0.2) is 59.5 Å². The molecule has 14 nitrogen and oxygen atoms in total. The minimum Gasteiger partial charge on any atom is -0.744 e. The van der Waals surface area contributed by atoms with Crippen molar-refractivity contribution < 1.29 is 96.3 Å². The van der Waals surface area contributed by atoms with Gasteiger partial charge in [-0.1, -0.05) is 24.3 Å². The fraction of sp³-hybridized carbons (Fsp3) is 0.0417. The van der Waals surface area contributed by atoms with Gasteiger partial charge in [-0.2, -0.15) is 19.3 Å². The molecule has 0 aliphatic heterocycles. The van der Waals surface area contributed by atoms with Gasteiger partial charge in [-0.25, -0.2) is 8.42 Å². The number of nitrogens with zero attached hydrogens (tertiary/aromatic N) is 3. The van der Waals surface area contributed by atoms with Crippen LogP contribution in [-0.2, 0) is 19.5 Å². The van der Waals surface area contributed by atoms with E-state index in [2.05, 4.69) is 35.0 Å². The number of anilines is 5. The number of halogens is 2. The number of nitrogen functional groups attached to an aromatic ring is 1. The largest absolute Gasteiger partial charge is 1.00 e. The van der Waals surface area contributed by atoms with E-state index in [0.29, 0.717) is 0 Å². The third-order valence-electron chi connectivity index (χ3n) is 5.56. The smallest absolute Gasteiger partial charge is 0.744 e. The van der Waals surface area contributed by atoms with Crippen molar-refractivity contribution in [3.8, 4) is 0 Å². The fourth-order valence-corrected chi connectivity index (χ4v) is 4.99. The van der Waals surface area contributed by atoms with Gasteiger partial charge < -0.3 is 26.2 Å². The minimum atomic E-state index is -4.93. The monoisotopic (exact) mass is 696 g/mol. The fourth-order valence-electron chi connectivity index (χ4n) is 3.96. The molecular formula is C24H16Cl2N6Na2O8S2. The summed E-state index contributed by atoms with van der Waals surface area (Å²) >= 11 is 12.4. The van der Waals surface area contributed by atoms with Crippen molar-refractivity contribution in [3.05, 3.63) is 87.4 Å². The van der Waals surface area contributed by atoms with E-state index in [-0.39, 0.29) is 121 Å². The molecule has 4 aromatic rings. The zero-order chi connectivity index (χ0) is 30.6. The van der Waals surface area contributed by atoms with E-state index in [0.717, 1.165) is 18.1 Å². The molecule has 0 saturated carbocycles. The van der Waals surface area contributed by atoms with Gasteiger partial charge in [-0.05, 0) is 53.5 Å². The van der Waals surface area contributed by atoms with Gasteiger partial charge >= 0.3 is 59.1 Å². The Kier molecular flexibility index (Phi) is 14.5. The average Bonchev–Trinajstić information content (AvgIpc) is 2.92. The zero-order valence-electron chi connectivity index (χ0n) is 23.0. The van der Waals surface area contributed by atoms with Crippen LogP contribution in [0, 0.1) is 0 Å². The molecule has 0 spiro atoms. The van der Waals surface area contributed by atoms with E-state index in [9.17, 15) is 22.6 Å². The van der Waals surface area contributed by atoms with Crippen molar-refractivity contribution in [3.63, 3.8) is 0 Å². The SMILES string of the molecule is CSOO[O-].Nc1ccc(Nc2ccc(S(=O)(=O)[O-])c(Nc3nc(Cl)nc(Cl)n3)c2)c2c1C(=O)c1ccccc1C2=O.[Na+].[Na+]. The maximum atomic E-state index is 13.3. The van der Waals surface area contributed by atoms with Crippen molar-refractivity contribution in [1.82, 2.24) is 15.0 Å². The van der Waals surface area contributed by atoms with Gasteiger partial charge in [0.15, 0.2) is 11.6 Å². The maximum absolute atomic E-state index is 13.3. The summed E-state index contributed by atoms with van der Waals surface area (Å²) in [5, 5.41) is 16.8. The molecule has 1 aliphatic carbocycles. The summed E-state index contributed by atoms with van der Waals surface area (Å²) in [6, 6.07) is 13.0. The second-order valence-electron chi connectivity index (χ2n) is 8.07. The van der Waals surface area contributed by atoms with Crippen molar-refractivity contribution >= 4 is 85.6 Å². The maximum Gasteiger partial charge on any atom is 1.00 e. The molecule has 0 unspecified atom stereocenters. The Morgan fingerprint density at radius 3 is 1.98 bits per heavy atom. The van der Waals surface area contributed by atoms with E-state index in [1.165, 1.54) is 24.3 Å². The predicted molar refractivity (Wildman–Crippen MR) is 151 cm³/mol. The second kappa shape index (κ2) is 16.6. The number of carbonyl (C=O) groups excluding carboxylic acids is 2. The van der Waals surface area contributed by atoms with E-state index < -0.39 is 26.6 Å². The van der Waals surface area contributed by atoms with E-state index in [4.69, 9.17) is 34.2 Å². The minimum absolute atomic E-state index is 0. The van der Waals surface area contributed by atoms with Gasteiger partial charge in [0.2, 0.25) is 16.5 Å². The molecule has 1 aliphatic rings. The number of hydrogen-bond acceptors (Lipinski definition) is 15. The first-order valence-electron chi connectivity index (χ1n) is 11.3. The number of nitrogens with one attached hydrogen (secondary N) is 2. The van der Waals surface area contributed by atoms with Gasteiger partial charge in [0.1, 0.15) is 10.1 Å². The summed E-state index contributed by atoms with van der Waals surface area (Å²) in [6.45, 7) is 0. The molecule has 0 saturated heterocycles. The molecule has 5 rings (SSSR count). The molecule has 4 N–H and O–H groups in total. The summed E-state index contributed by atoms with van der Waals surface area (Å²) in [5.41, 5.74) is 7.09. The first kappa shape index (κ1) is 38.3. The van der Waals surface area contributed by atoms with Crippen LogP contribution in [0.2, 0.25) is 10.6 Å². The summed E-state index contributed by atoms with van der Waals surface area (Å²) < 4.78 is 39.3. The number of benzene rings is 3. The van der Waals surface area contributed by atoms with Crippen LogP contribution in [0.1, 0.15) is 31.8 Å². The Morgan fingerprint density at radius 2 is 1.45 bits per heavy atom. The van der Waals surface area contributed by atoms with Crippen LogP contribution in [0.4, 0.5) is 28.7 Å². The number of hydrogen-bond donors (Lipinski definition) is 3. The molecule has 0 amide bonds. The first-order chi connectivity index (χ1) is 19.9. The van der Waals surface area contributed by atoms with Crippen LogP contribution in [0.3, 0.4) is 0 Å². The molecular weight excluding hydrogens is 681 g/mol. The number of ketones is 2. The molecule has 44 heavy (non-hydrogen) atoms. The van der Waals surface area contributed by atoms with E-state index >= 15 is 0 Å². The number of fused-ring (bicyclic) bond motifs is 2. The predicted octanol–water partition coefficient (Wildman–Crippen LogP) is -2.58. The molecule has 0 fully saturated rings. The summed E-state index contributed by atoms with van der Waals surface area (Å²) in [4.78, 5) is 37.1. The number of aromatic nitrogens is 3. The topological polar surface area (TPSA) is 222 Å². The van der Waals surface area contributed by atoms with Gasteiger partial charge in [-0.3, -0.25) is 14.6 Å². The third kappa shape index (κ3) is 8.89. The van der Waals surface area contributed by atoms with Gasteiger partial charge in [-0.15, -0.1) is 0 Å². The quantitative estimate of drug-likeness (QED) is 0.0397.